The predicted octanol–water partition coefficient (Wildman–Crippen LogP) is 2.94. The second-order valence-electron chi connectivity index (χ2n) is 5.81. The molecule has 3 aromatic carbocycles. The second kappa shape index (κ2) is 6.32. The number of benzene rings is 3. The summed E-state index contributed by atoms with van der Waals surface area (Å²) in [6, 6.07) is 11.7. The van der Waals surface area contributed by atoms with E-state index < -0.39 is 20.9 Å². The summed E-state index contributed by atoms with van der Waals surface area (Å²) in [5.41, 5.74) is 7.76. The van der Waals surface area contributed by atoms with Crippen molar-refractivity contribution in [1.29, 1.82) is 0 Å². The average molecular weight is 372 g/mol. The average Bonchev–Trinajstić information content (AvgIpc) is 2.58. The van der Waals surface area contributed by atoms with Crippen molar-refractivity contribution in [2.75, 3.05) is 11.1 Å². The highest BCUT2D eigenvalue weighted by Gasteiger charge is 2.19. The molecule has 1 amide bonds. The number of hydrogen-bond donors (Lipinski definition) is 4. The number of anilines is 2. The maximum absolute atomic E-state index is 12.5. The Morgan fingerprint density at radius 3 is 2.50 bits per heavy atom. The van der Waals surface area contributed by atoms with Crippen molar-refractivity contribution in [2.24, 2.45) is 0 Å². The molecule has 3 rings (SSSR count). The summed E-state index contributed by atoms with van der Waals surface area (Å²) in [4.78, 5) is 12.0. The highest BCUT2D eigenvalue weighted by Crippen LogP contribution is 2.35. The molecule has 0 aliphatic rings. The molecule has 0 saturated carbocycles. The topological polar surface area (TPSA) is 130 Å². The van der Waals surface area contributed by atoms with Crippen LogP contribution in [0.4, 0.5) is 11.4 Å². The van der Waals surface area contributed by atoms with Crippen molar-refractivity contribution >= 4 is 38.2 Å². The Bertz CT molecular complexity index is 1140. The van der Waals surface area contributed by atoms with Crippen LogP contribution in [0, 0.1) is 6.92 Å². The molecule has 3 aromatic rings. The van der Waals surface area contributed by atoms with E-state index in [-0.39, 0.29) is 22.2 Å². The highest BCUT2D eigenvalue weighted by atomic mass is 32.2. The van der Waals surface area contributed by atoms with Gasteiger partial charge in [0, 0.05) is 27.7 Å². The van der Waals surface area contributed by atoms with Gasteiger partial charge in [0.1, 0.15) is 10.6 Å². The summed E-state index contributed by atoms with van der Waals surface area (Å²) in [5, 5.41) is 12.9. The zero-order valence-corrected chi connectivity index (χ0v) is 14.5. The van der Waals surface area contributed by atoms with Crippen LogP contribution in [0.2, 0.25) is 0 Å². The van der Waals surface area contributed by atoms with E-state index in [2.05, 4.69) is 5.32 Å². The van der Waals surface area contributed by atoms with Crippen LogP contribution in [0.1, 0.15) is 15.9 Å². The number of hydrogen-bond acceptors (Lipinski definition) is 5. The van der Waals surface area contributed by atoms with Gasteiger partial charge < -0.3 is 16.2 Å². The minimum absolute atomic E-state index is 0.0729. The lowest BCUT2D eigenvalue weighted by atomic mass is 10.1. The quantitative estimate of drug-likeness (QED) is 0.318. The lowest BCUT2D eigenvalue weighted by molar-refractivity contribution is 0.102. The van der Waals surface area contributed by atoms with Crippen LogP contribution in [0.25, 0.3) is 10.8 Å². The minimum Gasteiger partial charge on any atom is -0.507 e. The van der Waals surface area contributed by atoms with E-state index >= 15 is 0 Å². The maximum atomic E-state index is 12.5. The maximum Gasteiger partial charge on any atom is 0.295 e. The van der Waals surface area contributed by atoms with Crippen LogP contribution in [0.3, 0.4) is 0 Å². The molecule has 0 bridgehead atoms. The first kappa shape index (κ1) is 17.7. The van der Waals surface area contributed by atoms with E-state index in [1.54, 1.807) is 12.1 Å². The van der Waals surface area contributed by atoms with Gasteiger partial charge in [0.25, 0.3) is 16.0 Å². The number of carbonyl (C=O) groups is 1. The van der Waals surface area contributed by atoms with Gasteiger partial charge in [0.2, 0.25) is 0 Å². The summed E-state index contributed by atoms with van der Waals surface area (Å²) >= 11 is 0. The van der Waals surface area contributed by atoms with Crippen molar-refractivity contribution in [2.45, 2.75) is 11.8 Å². The Kier molecular flexibility index (Phi) is 4.31. The zero-order chi connectivity index (χ0) is 19.1. The van der Waals surface area contributed by atoms with Gasteiger partial charge in [0.05, 0.1) is 0 Å². The van der Waals surface area contributed by atoms with Gasteiger partial charge in [0.15, 0.2) is 0 Å². The van der Waals surface area contributed by atoms with Gasteiger partial charge in [-0.2, -0.15) is 8.42 Å². The Balaban J connectivity index is 2.10. The van der Waals surface area contributed by atoms with Crippen LogP contribution in [0.5, 0.6) is 5.75 Å². The predicted molar refractivity (Wildman–Crippen MR) is 99.0 cm³/mol. The lowest BCUT2D eigenvalue weighted by Gasteiger charge is -2.12. The Morgan fingerprint density at radius 1 is 1.12 bits per heavy atom. The van der Waals surface area contributed by atoms with Crippen LogP contribution in [-0.4, -0.2) is 24.0 Å². The van der Waals surface area contributed by atoms with E-state index in [4.69, 9.17) is 5.73 Å². The molecule has 0 heterocycles. The Hall–Kier alpha value is -3.10. The molecule has 0 aliphatic carbocycles. The highest BCUT2D eigenvalue weighted by molar-refractivity contribution is 7.86. The molecule has 7 nitrogen and oxygen atoms in total. The van der Waals surface area contributed by atoms with E-state index in [9.17, 15) is 22.9 Å². The molecular weight excluding hydrogens is 356 g/mol. The number of fused-ring (bicyclic) bond motifs is 1. The van der Waals surface area contributed by atoms with Crippen LogP contribution >= 0.6 is 0 Å². The molecule has 0 fully saturated rings. The smallest absolute Gasteiger partial charge is 0.295 e. The van der Waals surface area contributed by atoms with Crippen LogP contribution in [0.15, 0.2) is 53.4 Å². The van der Waals surface area contributed by atoms with E-state index in [1.807, 2.05) is 6.92 Å². The number of nitrogens with two attached hydrogens (primary N) is 1. The number of nitrogen functional groups attached to an aromatic ring is 1. The molecular formula is C18H16N2O5S. The second-order valence-corrected chi connectivity index (χ2v) is 7.20. The van der Waals surface area contributed by atoms with Crippen molar-refractivity contribution < 1.29 is 22.9 Å². The molecule has 5 N–H and O–H groups in total. The fourth-order valence-corrected chi connectivity index (χ4v) is 3.38. The third kappa shape index (κ3) is 3.19. The monoisotopic (exact) mass is 372 g/mol. The van der Waals surface area contributed by atoms with Gasteiger partial charge in [-0.15, -0.1) is 0 Å². The minimum atomic E-state index is -4.55. The lowest BCUT2D eigenvalue weighted by Crippen LogP contribution is -2.13. The molecule has 26 heavy (non-hydrogen) atoms. The van der Waals surface area contributed by atoms with E-state index in [0.29, 0.717) is 11.3 Å². The SMILES string of the molecule is Cc1ccc(C(=O)Nc2ccc(O)c3c(S(=O)(=O)O)cccc23)cc1N. The third-order valence-corrected chi connectivity index (χ3v) is 4.94. The molecule has 8 heteroatoms. The summed E-state index contributed by atoms with van der Waals surface area (Å²) in [5.74, 6) is -0.772. The Morgan fingerprint density at radius 2 is 1.85 bits per heavy atom. The van der Waals surface area contributed by atoms with Gasteiger partial charge in [-0.1, -0.05) is 18.2 Å². The zero-order valence-electron chi connectivity index (χ0n) is 13.7. The first-order chi connectivity index (χ1) is 12.2. The number of aryl methyl sites for hydroxylation is 1. The van der Waals surface area contributed by atoms with E-state index in [0.717, 1.165) is 5.56 Å². The fraction of sp³-hybridized carbons (Fsp3) is 0.0556. The summed E-state index contributed by atoms with van der Waals surface area (Å²) < 4.78 is 32.5. The molecule has 134 valence electrons. The van der Waals surface area contributed by atoms with Crippen molar-refractivity contribution in [3.8, 4) is 5.75 Å². The van der Waals surface area contributed by atoms with Gasteiger partial charge in [-0.25, -0.2) is 0 Å². The summed E-state index contributed by atoms with van der Waals surface area (Å²) in [6.07, 6.45) is 0. The van der Waals surface area contributed by atoms with E-state index in [1.165, 1.54) is 36.4 Å². The van der Waals surface area contributed by atoms with Crippen molar-refractivity contribution in [3.63, 3.8) is 0 Å². The third-order valence-electron chi connectivity index (χ3n) is 4.05. The molecule has 0 spiro atoms. The van der Waals surface area contributed by atoms with Crippen LogP contribution < -0.4 is 11.1 Å². The first-order valence-electron chi connectivity index (χ1n) is 7.58. The number of carbonyl (C=O) groups excluding carboxylic acids is 1. The molecule has 0 saturated heterocycles. The number of rotatable bonds is 3. The first-order valence-corrected chi connectivity index (χ1v) is 9.02. The van der Waals surface area contributed by atoms with Crippen molar-refractivity contribution in [3.05, 3.63) is 59.7 Å². The molecule has 0 unspecified atom stereocenters. The molecule has 0 radical (unpaired) electrons. The van der Waals surface area contributed by atoms with Crippen LogP contribution in [-0.2, 0) is 10.1 Å². The largest absolute Gasteiger partial charge is 0.507 e. The normalized spacial score (nSPS) is 11.5. The number of phenols is 1. The van der Waals surface area contributed by atoms with Crippen molar-refractivity contribution in [1.82, 2.24) is 0 Å². The van der Waals surface area contributed by atoms with Gasteiger partial charge in [-0.3, -0.25) is 9.35 Å². The number of aromatic hydroxyl groups is 1. The molecule has 0 aromatic heterocycles. The summed E-state index contributed by atoms with van der Waals surface area (Å²) in [6.45, 7) is 1.82. The fourth-order valence-electron chi connectivity index (χ4n) is 2.66. The molecule has 0 atom stereocenters. The molecule has 0 aliphatic heterocycles. The Labute approximate surface area is 149 Å². The van der Waals surface area contributed by atoms with Gasteiger partial charge >= 0.3 is 0 Å². The number of phenolic OH excluding ortho intramolecular Hbond substituents is 1. The van der Waals surface area contributed by atoms with Gasteiger partial charge in [-0.05, 0) is 42.8 Å². The summed E-state index contributed by atoms with van der Waals surface area (Å²) in [7, 11) is -4.55. The number of amides is 1. The number of nitrogens with one attached hydrogen (secondary N) is 1. The standard InChI is InChI=1S/C18H16N2O5S/c1-10-5-6-11(9-13(10)19)18(22)20-14-7-8-15(21)17-12(14)3-2-4-16(17)26(23,24)25/h2-9,21H,19H2,1H3,(H,20,22)(H,23,24,25).